The highest BCUT2D eigenvalue weighted by atomic mass is 16.5. The first-order chi connectivity index (χ1) is 8.28. The fourth-order valence-corrected chi connectivity index (χ4v) is 1.85. The van der Waals surface area contributed by atoms with E-state index >= 15 is 0 Å². The van der Waals surface area contributed by atoms with Gasteiger partial charge in [-0.05, 0) is 37.6 Å². The van der Waals surface area contributed by atoms with E-state index in [4.69, 9.17) is 10.6 Å². The second kappa shape index (κ2) is 5.01. The van der Waals surface area contributed by atoms with E-state index in [2.05, 4.69) is 17.3 Å². The van der Waals surface area contributed by atoms with Crippen LogP contribution in [0.4, 0.5) is 5.69 Å². The molecule has 0 radical (unpaired) electrons. The normalized spacial score (nSPS) is 10.5. The monoisotopic (exact) mass is 231 g/mol. The number of fused-ring (bicyclic) bond motifs is 1. The summed E-state index contributed by atoms with van der Waals surface area (Å²) in [6.45, 7) is 4.69. The van der Waals surface area contributed by atoms with Gasteiger partial charge in [0.15, 0.2) is 0 Å². The van der Waals surface area contributed by atoms with Crippen molar-refractivity contribution in [3.63, 3.8) is 0 Å². The maximum absolute atomic E-state index is 5.49. The van der Waals surface area contributed by atoms with Gasteiger partial charge in [0.2, 0.25) is 0 Å². The molecule has 1 heterocycles. The predicted octanol–water partition coefficient (Wildman–Crippen LogP) is 2.48. The Morgan fingerprint density at radius 2 is 2.12 bits per heavy atom. The van der Waals surface area contributed by atoms with Crippen LogP contribution in [-0.2, 0) is 6.42 Å². The van der Waals surface area contributed by atoms with Gasteiger partial charge in [0, 0.05) is 5.39 Å². The van der Waals surface area contributed by atoms with E-state index in [1.54, 1.807) is 0 Å². The zero-order valence-corrected chi connectivity index (χ0v) is 10.2. The average Bonchev–Trinajstić information content (AvgIpc) is 2.37. The van der Waals surface area contributed by atoms with Gasteiger partial charge in [0.25, 0.3) is 0 Å². The molecule has 0 unspecified atom stereocenters. The highest BCUT2D eigenvalue weighted by Gasteiger charge is 2.05. The van der Waals surface area contributed by atoms with Crippen LogP contribution in [0.5, 0.6) is 5.75 Å². The van der Waals surface area contributed by atoms with Crippen LogP contribution < -0.4 is 16.0 Å². The van der Waals surface area contributed by atoms with Gasteiger partial charge in [0.05, 0.1) is 23.5 Å². The van der Waals surface area contributed by atoms with Crippen molar-refractivity contribution < 1.29 is 4.74 Å². The minimum atomic E-state index is 0.661. The van der Waals surface area contributed by atoms with Gasteiger partial charge < -0.3 is 10.2 Å². The summed E-state index contributed by atoms with van der Waals surface area (Å²) in [6, 6.07) is 7.89. The van der Waals surface area contributed by atoms with Crippen molar-refractivity contribution in [3.05, 3.63) is 30.0 Å². The number of ether oxygens (including phenoxy) is 1. The first kappa shape index (κ1) is 11.7. The number of nitrogen functional groups attached to an aromatic ring is 1. The van der Waals surface area contributed by atoms with Crippen molar-refractivity contribution in [2.75, 3.05) is 12.0 Å². The molecule has 0 amide bonds. The van der Waals surface area contributed by atoms with Crippen LogP contribution in [0, 0.1) is 0 Å². The van der Waals surface area contributed by atoms with Crippen LogP contribution >= 0.6 is 0 Å². The van der Waals surface area contributed by atoms with Crippen LogP contribution in [0.2, 0.25) is 0 Å². The smallest absolute Gasteiger partial charge is 0.120 e. The zero-order chi connectivity index (χ0) is 12.3. The minimum absolute atomic E-state index is 0.661. The Bertz CT molecular complexity index is 525. The van der Waals surface area contributed by atoms with Crippen LogP contribution in [0.1, 0.15) is 19.5 Å². The largest absolute Gasteiger partial charge is 0.494 e. The second-order valence-corrected chi connectivity index (χ2v) is 3.77. The van der Waals surface area contributed by atoms with Crippen molar-refractivity contribution in [2.45, 2.75) is 20.3 Å². The van der Waals surface area contributed by atoms with Crippen LogP contribution in [0.15, 0.2) is 24.3 Å². The summed E-state index contributed by atoms with van der Waals surface area (Å²) >= 11 is 0. The summed E-state index contributed by atoms with van der Waals surface area (Å²) in [5.41, 5.74) is 5.49. The van der Waals surface area contributed by atoms with Gasteiger partial charge in [-0.3, -0.25) is 10.8 Å². The number of anilines is 1. The Kier molecular flexibility index (Phi) is 3.44. The molecule has 0 spiro atoms. The highest BCUT2D eigenvalue weighted by molar-refractivity contribution is 5.84. The molecule has 4 nitrogen and oxygen atoms in total. The molecule has 0 saturated heterocycles. The number of nitrogens with two attached hydrogens (primary N) is 1. The van der Waals surface area contributed by atoms with Crippen LogP contribution in [0.3, 0.4) is 0 Å². The fraction of sp³-hybridized carbons (Fsp3) is 0.308. The van der Waals surface area contributed by atoms with E-state index in [0.29, 0.717) is 6.61 Å². The lowest BCUT2D eigenvalue weighted by molar-refractivity contribution is 0.340. The topological polar surface area (TPSA) is 60.2 Å². The van der Waals surface area contributed by atoms with Crippen LogP contribution in [0.25, 0.3) is 10.9 Å². The molecule has 0 aliphatic rings. The molecule has 2 rings (SSSR count). The molecule has 3 N–H and O–H groups in total. The molecule has 0 saturated carbocycles. The van der Waals surface area contributed by atoms with E-state index in [9.17, 15) is 0 Å². The molecule has 0 atom stereocenters. The Balaban J connectivity index is 2.54. The van der Waals surface area contributed by atoms with Crippen LogP contribution in [-0.4, -0.2) is 11.6 Å². The average molecular weight is 231 g/mol. The standard InChI is InChI=1S/C13H17N3O/c1-3-11-13(16-14)8-9-7-10(17-4-2)5-6-12(9)15-11/h5-8,16H,3-4,14H2,1-2H3. The molecule has 0 aliphatic heterocycles. The van der Waals surface area contributed by atoms with Gasteiger partial charge in [-0.2, -0.15) is 0 Å². The minimum Gasteiger partial charge on any atom is -0.494 e. The lowest BCUT2D eigenvalue weighted by Gasteiger charge is -2.09. The number of aromatic nitrogens is 1. The number of nitrogens with zero attached hydrogens (tertiary/aromatic N) is 1. The quantitative estimate of drug-likeness (QED) is 0.627. The lowest BCUT2D eigenvalue weighted by atomic mass is 10.1. The Morgan fingerprint density at radius 3 is 2.76 bits per heavy atom. The fourth-order valence-electron chi connectivity index (χ4n) is 1.85. The SMILES string of the molecule is CCOc1ccc2nc(CC)c(NN)cc2c1. The third kappa shape index (κ3) is 2.31. The van der Waals surface area contributed by atoms with E-state index in [1.807, 2.05) is 31.2 Å². The molecule has 2 aromatic rings. The maximum Gasteiger partial charge on any atom is 0.120 e. The molecular weight excluding hydrogens is 214 g/mol. The van der Waals surface area contributed by atoms with Crippen molar-refractivity contribution in [3.8, 4) is 5.75 Å². The molecule has 1 aromatic heterocycles. The Labute approximate surface area is 101 Å². The molecule has 0 bridgehead atoms. The van der Waals surface area contributed by atoms with E-state index in [1.165, 1.54) is 0 Å². The number of pyridine rings is 1. The van der Waals surface area contributed by atoms with Gasteiger partial charge in [-0.25, -0.2) is 0 Å². The number of aryl methyl sites for hydroxylation is 1. The summed E-state index contributed by atoms with van der Waals surface area (Å²) in [6.07, 6.45) is 0.850. The Morgan fingerprint density at radius 1 is 1.29 bits per heavy atom. The summed E-state index contributed by atoms with van der Waals surface area (Å²) in [5, 5.41) is 1.03. The third-order valence-corrected chi connectivity index (χ3v) is 2.67. The van der Waals surface area contributed by atoms with E-state index < -0.39 is 0 Å². The number of rotatable bonds is 4. The number of hydrogen-bond donors (Lipinski definition) is 2. The van der Waals surface area contributed by atoms with Crippen molar-refractivity contribution in [1.29, 1.82) is 0 Å². The lowest BCUT2D eigenvalue weighted by Crippen LogP contribution is -2.10. The van der Waals surface area contributed by atoms with Gasteiger partial charge >= 0.3 is 0 Å². The molecular formula is C13H17N3O. The van der Waals surface area contributed by atoms with E-state index in [-0.39, 0.29) is 0 Å². The molecule has 17 heavy (non-hydrogen) atoms. The number of benzene rings is 1. The number of hydrazine groups is 1. The van der Waals surface area contributed by atoms with Crippen molar-refractivity contribution >= 4 is 16.6 Å². The second-order valence-electron chi connectivity index (χ2n) is 3.77. The van der Waals surface area contributed by atoms with Gasteiger partial charge in [-0.1, -0.05) is 6.92 Å². The third-order valence-electron chi connectivity index (χ3n) is 2.67. The predicted molar refractivity (Wildman–Crippen MR) is 70.1 cm³/mol. The summed E-state index contributed by atoms with van der Waals surface area (Å²) < 4.78 is 5.46. The molecule has 1 aromatic carbocycles. The molecule has 90 valence electrons. The van der Waals surface area contributed by atoms with Crippen molar-refractivity contribution in [2.24, 2.45) is 5.84 Å². The number of hydrogen-bond acceptors (Lipinski definition) is 4. The molecule has 0 fully saturated rings. The summed E-state index contributed by atoms with van der Waals surface area (Å²) in [4.78, 5) is 4.57. The first-order valence-electron chi connectivity index (χ1n) is 5.81. The highest BCUT2D eigenvalue weighted by Crippen LogP contribution is 2.24. The van der Waals surface area contributed by atoms with E-state index in [0.717, 1.165) is 34.5 Å². The van der Waals surface area contributed by atoms with Crippen molar-refractivity contribution in [1.82, 2.24) is 4.98 Å². The number of nitrogens with one attached hydrogen (secondary N) is 1. The summed E-state index contributed by atoms with van der Waals surface area (Å²) in [5.74, 6) is 6.35. The molecule has 0 aliphatic carbocycles. The Hall–Kier alpha value is -1.81. The summed E-state index contributed by atoms with van der Waals surface area (Å²) in [7, 11) is 0. The first-order valence-corrected chi connectivity index (χ1v) is 5.81. The maximum atomic E-state index is 5.49. The molecule has 4 heteroatoms. The van der Waals surface area contributed by atoms with Gasteiger partial charge in [0.1, 0.15) is 5.75 Å². The zero-order valence-electron chi connectivity index (χ0n) is 10.2. The van der Waals surface area contributed by atoms with Gasteiger partial charge in [-0.15, -0.1) is 0 Å².